The Bertz CT molecular complexity index is 546. The topological polar surface area (TPSA) is 17.1 Å². The van der Waals surface area contributed by atoms with Gasteiger partial charge in [-0.1, -0.05) is 0 Å². The van der Waals surface area contributed by atoms with E-state index in [-0.39, 0.29) is 19.6 Å². The van der Waals surface area contributed by atoms with Gasteiger partial charge in [0.25, 0.3) is 0 Å². The minimum absolute atomic E-state index is 0.149. The second kappa shape index (κ2) is 6.55. The van der Waals surface area contributed by atoms with Crippen molar-refractivity contribution in [2.75, 3.05) is 0 Å². The number of halogens is 1. The van der Waals surface area contributed by atoms with Crippen molar-refractivity contribution < 1.29 is 4.79 Å². The maximum atomic E-state index is 11.8. The van der Waals surface area contributed by atoms with E-state index in [0.717, 1.165) is 10.0 Å². The van der Waals surface area contributed by atoms with Crippen LogP contribution in [0.15, 0.2) is 60.7 Å². The van der Waals surface area contributed by atoms with Gasteiger partial charge >= 0.3 is 118 Å². The standard InChI is InChI=1S/C15H11ClOSe/c16-13-9-6-12(7-10-13)8-11-15(17)18-14-4-2-1-3-5-14/h1-11H/b11-8+. The zero-order valence-electron chi connectivity index (χ0n) is 9.55. The monoisotopic (exact) mass is 322 g/mol. The van der Waals surface area contributed by atoms with Crippen molar-refractivity contribution in [3.05, 3.63) is 71.3 Å². The Morgan fingerprint density at radius 2 is 1.67 bits per heavy atom. The summed E-state index contributed by atoms with van der Waals surface area (Å²) in [5.41, 5.74) is 0.983. The number of allylic oxidation sites excluding steroid dienone is 1. The van der Waals surface area contributed by atoms with Gasteiger partial charge in [0.05, 0.1) is 0 Å². The van der Waals surface area contributed by atoms with E-state index in [1.165, 1.54) is 0 Å². The first kappa shape index (κ1) is 13.1. The van der Waals surface area contributed by atoms with Crippen LogP contribution in [-0.4, -0.2) is 19.6 Å². The van der Waals surface area contributed by atoms with Gasteiger partial charge in [0, 0.05) is 0 Å². The molecule has 0 amide bonds. The van der Waals surface area contributed by atoms with E-state index < -0.39 is 0 Å². The molecular formula is C15H11ClOSe. The summed E-state index contributed by atoms with van der Waals surface area (Å²) in [6.45, 7) is 0. The van der Waals surface area contributed by atoms with Gasteiger partial charge in [0.2, 0.25) is 0 Å². The van der Waals surface area contributed by atoms with Crippen molar-refractivity contribution in [2.24, 2.45) is 0 Å². The molecule has 90 valence electrons. The van der Waals surface area contributed by atoms with Crippen LogP contribution < -0.4 is 4.46 Å². The molecule has 1 nitrogen and oxygen atoms in total. The molecule has 2 rings (SSSR count). The predicted molar refractivity (Wildman–Crippen MR) is 77.3 cm³/mol. The van der Waals surface area contributed by atoms with Gasteiger partial charge in [0.1, 0.15) is 0 Å². The molecule has 0 fully saturated rings. The van der Waals surface area contributed by atoms with Gasteiger partial charge < -0.3 is 0 Å². The van der Waals surface area contributed by atoms with Gasteiger partial charge in [-0.2, -0.15) is 0 Å². The van der Waals surface area contributed by atoms with Crippen LogP contribution in [0.1, 0.15) is 5.56 Å². The van der Waals surface area contributed by atoms with Crippen LogP contribution in [0.3, 0.4) is 0 Å². The maximum absolute atomic E-state index is 11.8. The molecule has 0 saturated heterocycles. The van der Waals surface area contributed by atoms with E-state index in [4.69, 9.17) is 11.6 Å². The number of rotatable bonds is 4. The number of carbonyl (C=O) groups is 1. The van der Waals surface area contributed by atoms with Crippen LogP contribution in [0, 0.1) is 0 Å². The van der Waals surface area contributed by atoms with Crippen molar-refractivity contribution in [1.29, 1.82) is 0 Å². The fourth-order valence-corrected chi connectivity index (χ4v) is 2.89. The molecule has 0 saturated carbocycles. The number of hydrogen-bond donors (Lipinski definition) is 0. The summed E-state index contributed by atoms with van der Waals surface area (Å²) in [4.78, 5) is 11.8. The quantitative estimate of drug-likeness (QED) is 0.625. The second-order valence-corrected chi connectivity index (χ2v) is 6.32. The fourth-order valence-electron chi connectivity index (χ4n) is 1.38. The molecular weight excluding hydrogens is 311 g/mol. The first-order valence-electron chi connectivity index (χ1n) is 5.44. The van der Waals surface area contributed by atoms with E-state index in [1.54, 1.807) is 6.08 Å². The van der Waals surface area contributed by atoms with Crippen LogP contribution in [0.5, 0.6) is 0 Å². The predicted octanol–water partition coefficient (Wildman–Crippen LogP) is 2.91. The van der Waals surface area contributed by atoms with Crippen molar-refractivity contribution in [3.63, 3.8) is 0 Å². The third kappa shape index (κ3) is 4.15. The van der Waals surface area contributed by atoms with E-state index in [9.17, 15) is 4.79 Å². The van der Waals surface area contributed by atoms with Crippen LogP contribution in [0.2, 0.25) is 5.02 Å². The Morgan fingerprint density at radius 3 is 2.33 bits per heavy atom. The Labute approximate surface area is 118 Å². The fraction of sp³-hybridized carbons (Fsp3) is 0. The molecule has 0 N–H and O–H groups in total. The summed E-state index contributed by atoms with van der Waals surface area (Å²) in [6, 6.07) is 17.2. The molecule has 0 heterocycles. The SMILES string of the molecule is O=C(/C=C/c1ccc(Cl)cc1)[Se]c1ccccc1. The summed E-state index contributed by atoms with van der Waals surface area (Å²) >= 11 is 5.65. The molecule has 0 unspecified atom stereocenters. The molecule has 2 aromatic rings. The van der Waals surface area contributed by atoms with Gasteiger partial charge in [-0.3, -0.25) is 0 Å². The Balaban J connectivity index is 1.97. The molecule has 0 aliphatic carbocycles. The third-order valence-corrected chi connectivity index (χ3v) is 4.27. The van der Waals surface area contributed by atoms with Gasteiger partial charge in [0.15, 0.2) is 0 Å². The second-order valence-electron chi connectivity index (χ2n) is 3.62. The normalized spacial score (nSPS) is 10.7. The van der Waals surface area contributed by atoms with E-state index in [1.807, 2.05) is 60.7 Å². The summed E-state index contributed by atoms with van der Waals surface area (Å²) < 4.78 is 1.25. The average molecular weight is 322 g/mol. The number of benzene rings is 2. The van der Waals surface area contributed by atoms with Crippen LogP contribution >= 0.6 is 11.6 Å². The Kier molecular flexibility index (Phi) is 4.77. The van der Waals surface area contributed by atoms with E-state index >= 15 is 0 Å². The molecule has 0 atom stereocenters. The molecule has 18 heavy (non-hydrogen) atoms. The number of hydrogen-bond acceptors (Lipinski definition) is 1. The zero-order valence-corrected chi connectivity index (χ0v) is 12.0. The van der Waals surface area contributed by atoms with E-state index in [2.05, 4.69) is 0 Å². The third-order valence-electron chi connectivity index (χ3n) is 2.24. The molecule has 0 radical (unpaired) electrons. The van der Waals surface area contributed by atoms with Gasteiger partial charge in [-0.25, -0.2) is 0 Å². The molecule has 0 spiro atoms. The number of carbonyl (C=O) groups excluding carboxylic acids is 1. The van der Waals surface area contributed by atoms with Crippen LogP contribution in [-0.2, 0) is 4.79 Å². The first-order chi connectivity index (χ1) is 8.74. The van der Waals surface area contributed by atoms with Gasteiger partial charge in [-0.15, -0.1) is 0 Å². The Morgan fingerprint density at radius 1 is 1.00 bits per heavy atom. The summed E-state index contributed by atoms with van der Waals surface area (Å²) in [6.07, 6.45) is 3.46. The van der Waals surface area contributed by atoms with Crippen molar-refractivity contribution in [2.45, 2.75) is 0 Å². The van der Waals surface area contributed by atoms with Crippen LogP contribution in [0.4, 0.5) is 0 Å². The molecule has 0 aliphatic rings. The van der Waals surface area contributed by atoms with Crippen molar-refractivity contribution in [3.8, 4) is 0 Å². The van der Waals surface area contributed by atoms with Crippen molar-refractivity contribution in [1.82, 2.24) is 0 Å². The zero-order chi connectivity index (χ0) is 12.8. The molecule has 0 aliphatic heterocycles. The van der Waals surface area contributed by atoms with Gasteiger partial charge in [-0.05, 0) is 0 Å². The van der Waals surface area contributed by atoms with Crippen molar-refractivity contribution >= 4 is 41.8 Å². The minimum atomic E-state index is -0.149. The Hall–Kier alpha value is -1.34. The summed E-state index contributed by atoms with van der Waals surface area (Å²) in [5.74, 6) is 0. The molecule has 3 heteroatoms. The van der Waals surface area contributed by atoms with Crippen LogP contribution in [0.25, 0.3) is 6.08 Å². The average Bonchev–Trinajstić information content (AvgIpc) is 2.39. The molecule has 2 aromatic carbocycles. The summed E-state index contributed by atoms with van der Waals surface area (Å²) in [5, 5.41) is 0.701. The van der Waals surface area contributed by atoms with E-state index in [0.29, 0.717) is 5.02 Å². The molecule has 0 bridgehead atoms. The molecule has 0 aromatic heterocycles. The summed E-state index contributed by atoms with van der Waals surface area (Å²) in [7, 11) is 0. The first-order valence-corrected chi connectivity index (χ1v) is 7.54.